The highest BCUT2D eigenvalue weighted by molar-refractivity contribution is 5.91. The van der Waals surface area contributed by atoms with Crippen molar-refractivity contribution in [1.82, 2.24) is 20.4 Å². The molecule has 2 aliphatic heterocycles. The predicted molar refractivity (Wildman–Crippen MR) is 138 cm³/mol. The number of halogens is 2. The summed E-state index contributed by atoms with van der Waals surface area (Å²) in [5.41, 5.74) is -1.14. The molecule has 8 nitrogen and oxygen atoms in total. The van der Waals surface area contributed by atoms with Crippen LogP contribution in [0.25, 0.3) is 0 Å². The lowest BCUT2D eigenvalue weighted by molar-refractivity contribution is -0.142. The summed E-state index contributed by atoms with van der Waals surface area (Å²) < 4.78 is 33.1. The summed E-state index contributed by atoms with van der Waals surface area (Å²) in [6, 6.07) is 1.81. The van der Waals surface area contributed by atoms with E-state index >= 15 is 0 Å². The molecule has 0 radical (unpaired) electrons. The third-order valence-corrected chi connectivity index (χ3v) is 8.37. The van der Waals surface area contributed by atoms with Gasteiger partial charge in [0.05, 0.1) is 24.2 Å². The Bertz CT molecular complexity index is 1090. The smallest absolute Gasteiger partial charge is 0.246 e. The van der Waals surface area contributed by atoms with Crippen LogP contribution in [0.4, 0.5) is 8.78 Å². The lowest BCUT2D eigenvalue weighted by Gasteiger charge is -2.39. The molecule has 38 heavy (non-hydrogen) atoms. The zero-order valence-electron chi connectivity index (χ0n) is 23.1. The molecule has 3 aliphatic rings. The molecule has 1 saturated carbocycles. The first-order valence-corrected chi connectivity index (χ1v) is 13.5. The zero-order chi connectivity index (χ0) is 28.0. The Kier molecular flexibility index (Phi) is 7.76. The van der Waals surface area contributed by atoms with Crippen LogP contribution in [-0.4, -0.2) is 77.9 Å². The molecule has 0 spiro atoms. The number of likely N-dealkylation sites (tertiary alicyclic amines) is 2. The molecule has 3 fully saturated rings. The van der Waals surface area contributed by atoms with Gasteiger partial charge >= 0.3 is 0 Å². The molecule has 0 bridgehead atoms. The lowest BCUT2D eigenvalue weighted by atomic mass is 9.84. The van der Waals surface area contributed by atoms with Gasteiger partial charge in [0.2, 0.25) is 17.7 Å². The Morgan fingerprint density at radius 2 is 1.87 bits per heavy atom. The van der Waals surface area contributed by atoms with Gasteiger partial charge in [-0.2, -0.15) is 0 Å². The highest BCUT2D eigenvalue weighted by atomic mass is 19.2. The van der Waals surface area contributed by atoms with Gasteiger partial charge in [-0.15, -0.1) is 0 Å². The number of likely N-dealkylation sites (N-methyl/N-ethyl adjacent to an activating group) is 1. The van der Waals surface area contributed by atoms with E-state index in [1.165, 1.54) is 6.07 Å². The van der Waals surface area contributed by atoms with Crippen molar-refractivity contribution >= 4 is 17.7 Å². The number of ether oxygens (including phenoxy) is 1. The molecule has 1 aliphatic carbocycles. The van der Waals surface area contributed by atoms with Crippen molar-refractivity contribution in [2.24, 2.45) is 17.3 Å². The number of benzene rings is 1. The summed E-state index contributed by atoms with van der Waals surface area (Å²) in [7, 11) is 1.69. The third kappa shape index (κ3) is 5.37. The maximum atomic E-state index is 14.1. The molecule has 1 aromatic rings. The molecule has 2 heterocycles. The molecular weight excluding hydrogens is 494 g/mol. The average Bonchev–Trinajstić information content (AvgIpc) is 3.59. The van der Waals surface area contributed by atoms with Gasteiger partial charge < -0.3 is 25.2 Å². The summed E-state index contributed by atoms with van der Waals surface area (Å²) in [6.45, 7) is 10.5. The van der Waals surface area contributed by atoms with Gasteiger partial charge in [-0.05, 0) is 57.7 Å². The van der Waals surface area contributed by atoms with E-state index in [2.05, 4.69) is 10.6 Å². The lowest BCUT2D eigenvalue weighted by Crippen LogP contribution is -2.60. The molecule has 210 valence electrons. The van der Waals surface area contributed by atoms with Crippen LogP contribution in [0, 0.1) is 28.9 Å². The topological polar surface area (TPSA) is 91.0 Å². The summed E-state index contributed by atoms with van der Waals surface area (Å²) in [5.74, 6) is -2.34. The molecule has 2 N–H and O–H groups in total. The van der Waals surface area contributed by atoms with Gasteiger partial charge in [0.25, 0.3) is 0 Å². The first-order valence-electron chi connectivity index (χ1n) is 13.5. The SMILES string of the molecule is CNC(C)C(=O)NC(C(=O)N1CCC2(C)C1C(COc1ccc(F)c(F)c1)CN2C(=O)C1CC1)C(C)(C)C. The van der Waals surface area contributed by atoms with Crippen LogP contribution in [0.1, 0.15) is 53.9 Å². The first-order chi connectivity index (χ1) is 17.8. The fraction of sp³-hybridized carbons (Fsp3) is 0.679. The zero-order valence-corrected chi connectivity index (χ0v) is 23.1. The maximum Gasteiger partial charge on any atom is 0.246 e. The van der Waals surface area contributed by atoms with Crippen molar-refractivity contribution in [1.29, 1.82) is 0 Å². The number of rotatable bonds is 8. The fourth-order valence-corrected chi connectivity index (χ4v) is 5.84. The molecule has 10 heteroatoms. The number of fused-ring (bicyclic) bond motifs is 1. The predicted octanol–water partition coefficient (Wildman–Crippen LogP) is 2.71. The number of amides is 3. The van der Waals surface area contributed by atoms with Gasteiger partial charge in [-0.1, -0.05) is 20.8 Å². The second kappa shape index (κ2) is 10.4. The third-order valence-electron chi connectivity index (χ3n) is 8.37. The van der Waals surface area contributed by atoms with Crippen LogP contribution >= 0.6 is 0 Å². The Balaban J connectivity index is 1.61. The molecule has 0 aromatic heterocycles. The molecule has 5 unspecified atom stereocenters. The van der Waals surface area contributed by atoms with Gasteiger partial charge in [0.15, 0.2) is 11.6 Å². The van der Waals surface area contributed by atoms with Gasteiger partial charge in [-0.25, -0.2) is 8.78 Å². The first kappa shape index (κ1) is 28.3. The van der Waals surface area contributed by atoms with Crippen molar-refractivity contribution in [3.8, 4) is 5.75 Å². The van der Waals surface area contributed by atoms with Crippen molar-refractivity contribution in [2.75, 3.05) is 26.7 Å². The van der Waals surface area contributed by atoms with Crippen LogP contribution in [0.15, 0.2) is 18.2 Å². The van der Waals surface area contributed by atoms with E-state index in [0.29, 0.717) is 19.5 Å². The largest absolute Gasteiger partial charge is 0.493 e. The van der Waals surface area contributed by atoms with Crippen LogP contribution < -0.4 is 15.4 Å². The molecule has 1 aromatic carbocycles. The van der Waals surface area contributed by atoms with Gasteiger partial charge in [0.1, 0.15) is 11.8 Å². The number of nitrogens with one attached hydrogen (secondary N) is 2. The Labute approximate surface area is 223 Å². The van der Waals surface area contributed by atoms with E-state index in [4.69, 9.17) is 4.74 Å². The number of carbonyl (C=O) groups is 3. The minimum absolute atomic E-state index is 0.0210. The number of hydrogen-bond donors (Lipinski definition) is 2. The monoisotopic (exact) mass is 534 g/mol. The summed E-state index contributed by atoms with van der Waals surface area (Å²) in [4.78, 5) is 43.9. The number of nitrogens with zero attached hydrogens (tertiary/aromatic N) is 2. The van der Waals surface area contributed by atoms with Crippen molar-refractivity contribution in [3.05, 3.63) is 29.8 Å². The van der Waals surface area contributed by atoms with E-state index in [9.17, 15) is 23.2 Å². The maximum absolute atomic E-state index is 14.1. The molecule has 3 amide bonds. The van der Waals surface area contributed by atoms with E-state index in [1.54, 1.807) is 18.9 Å². The summed E-state index contributed by atoms with van der Waals surface area (Å²) >= 11 is 0. The quantitative estimate of drug-likeness (QED) is 0.535. The van der Waals surface area contributed by atoms with Crippen LogP contribution in [0.3, 0.4) is 0 Å². The molecule has 5 atom stereocenters. The average molecular weight is 535 g/mol. The number of hydrogen-bond acceptors (Lipinski definition) is 5. The van der Waals surface area contributed by atoms with E-state index in [-0.39, 0.29) is 48.0 Å². The van der Waals surface area contributed by atoms with E-state index in [1.807, 2.05) is 32.6 Å². The van der Waals surface area contributed by atoms with Gasteiger partial charge in [0, 0.05) is 31.0 Å². The Hall–Kier alpha value is -2.75. The second-order valence-corrected chi connectivity index (χ2v) is 12.3. The highest BCUT2D eigenvalue weighted by Gasteiger charge is 2.61. The Morgan fingerprint density at radius 1 is 1.18 bits per heavy atom. The Morgan fingerprint density at radius 3 is 2.45 bits per heavy atom. The molecule has 4 rings (SSSR count). The fourth-order valence-electron chi connectivity index (χ4n) is 5.84. The normalized spacial score (nSPS) is 26.6. The number of carbonyl (C=O) groups excluding carboxylic acids is 3. The van der Waals surface area contributed by atoms with E-state index < -0.39 is 34.7 Å². The van der Waals surface area contributed by atoms with Crippen LogP contribution in [-0.2, 0) is 14.4 Å². The van der Waals surface area contributed by atoms with Crippen LogP contribution in [0.5, 0.6) is 5.75 Å². The minimum atomic E-state index is -0.999. The van der Waals surface area contributed by atoms with E-state index in [0.717, 1.165) is 25.0 Å². The van der Waals surface area contributed by atoms with Crippen molar-refractivity contribution in [3.63, 3.8) is 0 Å². The molecule has 2 saturated heterocycles. The summed E-state index contributed by atoms with van der Waals surface area (Å²) in [6.07, 6.45) is 2.36. The van der Waals surface area contributed by atoms with Crippen molar-refractivity contribution < 1.29 is 27.9 Å². The minimum Gasteiger partial charge on any atom is -0.493 e. The molecular formula is C28H40F2N4O4. The van der Waals surface area contributed by atoms with Crippen LogP contribution in [0.2, 0.25) is 0 Å². The summed E-state index contributed by atoms with van der Waals surface area (Å²) in [5, 5.41) is 5.85. The second-order valence-electron chi connectivity index (χ2n) is 12.3. The van der Waals surface area contributed by atoms with Crippen molar-refractivity contribution in [2.45, 2.75) is 77.5 Å². The van der Waals surface area contributed by atoms with Gasteiger partial charge in [-0.3, -0.25) is 14.4 Å². The standard InChI is InChI=1S/C28H40F2N4O4/c1-16(31-6)24(35)32-22(27(2,3)4)26(37)33-12-11-28(5)23(33)18(14-34(28)25(36)17-7-8-17)15-38-19-9-10-20(29)21(30)13-19/h9-10,13,16-18,22-23,31H,7-8,11-12,14-15H2,1-6H3,(H,32,35). The highest BCUT2D eigenvalue weighted by Crippen LogP contribution is 2.47.